The predicted molar refractivity (Wildman–Crippen MR) is 102 cm³/mol. The molecule has 0 bridgehead atoms. The van der Waals surface area contributed by atoms with Gasteiger partial charge in [-0.25, -0.2) is 13.4 Å². The van der Waals surface area contributed by atoms with Gasteiger partial charge in [0, 0.05) is 36.5 Å². The number of rotatable bonds is 5. The Balaban J connectivity index is 1.97. The van der Waals surface area contributed by atoms with E-state index >= 15 is 0 Å². The molecule has 2 heterocycles. The maximum Gasteiger partial charge on any atom is 0.292 e. The Morgan fingerprint density at radius 3 is 2.67 bits per heavy atom. The topological polar surface area (TPSA) is 91.4 Å². The van der Waals surface area contributed by atoms with Crippen LogP contribution in [0.25, 0.3) is 22.2 Å². The molecule has 1 aliphatic rings. The van der Waals surface area contributed by atoms with Gasteiger partial charge in [0.1, 0.15) is 5.52 Å². The number of benzene rings is 1. The van der Waals surface area contributed by atoms with Gasteiger partial charge in [0.05, 0.1) is 12.9 Å². The van der Waals surface area contributed by atoms with Gasteiger partial charge < -0.3 is 13.7 Å². The van der Waals surface area contributed by atoms with Gasteiger partial charge in [0.25, 0.3) is 5.56 Å². The van der Waals surface area contributed by atoms with E-state index in [1.807, 2.05) is 0 Å². The highest BCUT2D eigenvalue weighted by Gasteiger charge is 2.29. The zero-order chi connectivity index (χ0) is 19.3. The molecule has 8 heteroatoms. The van der Waals surface area contributed by atoms with E-state index in [0.717, 1.165) is 12.8 Å². The quantitative estimate of drug-likeness (QED) is 0.667. The summed E-state index contributed by atoms with van der Waals surface area (Å²) in [4.78, 5) is 16.7. The van der Waals surface area contributed by atoms with Crippen molar-refractivity contribution in [3.05, 3.63) is 46.2 Å². The molecule has 1 saturated carbocycles. The Morgan fingerprint density at radius 2 is 2.04 bits per heavy atom. The highest BCUT2D eigenvalue weighted by atomic mass is 32.2. The summed E-state index contributed by atoms with van der Waals surface area (Å²) in [7, 11) is -0.127. The third-order valence-corrected chi connectivity index (χ3v) is 5.46. The lowest BCUT2D eigenvalue weighted by molar-refractivity contribution is 0.405. The normalized spacial score (nSPS) is 14.6. The SMILES string of the molecule is COc1cc(-c2cc(CS(C)(=O)=O)cc3nc(C4CC4)oc23)cn(C)c1=O. The summed E-state index contributed by atoms with van der Waals surface area (Å²) in [6.45, 7) is 0. The maximum atomic E-state index is 12.1. The van der Waals surface area contributed by atoms with Gasteiger partial charge in [0.2, 0.25) is 0 Å². The summed E-state index contributed by atoms with van der Waals surface area (Å²) in [5.41, 5.74) is 2.99. The van der Waals surface area contributed by atoms with Gasteiger partial charge in [-0.3, -0.25) is 4.79 Å². The first kappa shape index (κ1) is 17.8. The molecule has 4 rings (SSSR count). The van der Waals surface area contributed by atoms with Crippen LogP contribution in [0.15, 0.2) is 33.6 Å². The average molecular weight is 388 g/mol. The van der Waals surface area contributed by atoms with Crippen molar-refractivity contribution in [1.82, 2.24) is 9.55 Å². The van der Waals surface area contributed by atoms with Crippen LogP contribution in [0, 0.1) is 0 Å². The standard InChI is InChI=1S/C19H20N2O5S/c1-21-9-13(8-16(25-2)19(21)22)14-6-11(10-27(3,23)24)7-15-17(14)26-18(20-15)12-4-5-12/h6-9,12H,4-5,10H2,1-3H3. The molecule has 7 nitrogen and oxygen atoms in total. The fourth-order valence-corrected chi connectivity index (χ4v) is 3.96. The largest absolute Gasteiger partial charge is 0.491 e. The number of aryl methyl sites for hydroxylation is 1. The van der Waals surface area contributed by atoms with E-state index in [1.54, 1.807) is 31.4 Å². The summed E-state index contributed by atoms with van der Waals surface area (Å²) in [6.07, 6.45) is 4.98. The van der Waals surface area contributed by atoms with Crippen LogP contribution in [0.3, 0.4) is 0 Å². The van der Waals surface area contributed by atoms with E-state index in [0.29, 0.717) is 39.6 Å². The van der Waals surface area contributed by atoms with E-state index in [2.05, 4.69) is 4.98 Å². The lowest BCUT2D eigenvalue weighted by atomic mass is 10.0. The van der Waals surface area contributed by atoms with Crippen molar-refractivity contribution in [3.8, 4) is 16.9 Å². The van der Waals surface area contributed by atoms with Crippen LogP contribution in [-0.4, -0.2) is 31.3 Å². The minimum absolute atomic E-state index is 0.0928. The first-order chi connectivity index (χ1) is 12.7. The van der Waals surface area contributed by atoms with Crippen molar-refractivity contribution >= 4 is 20.9 Å². The predicted octanol–water partition coefficient (Wildman–Crippen LogP) is 2.62. The van der Waals surface area contributed by atoms with Crippen LogP contribution in [0.5, 0.6) is 5.75 Å². The number of pyridine rings is 1. The molecule has 3 aromatic rings. The Kier molecular flexibility index (Phi) is 4.10. The summed E-state index contributed by atoms with van der Waals surface area (Å²) >= 11 is 0. The number of hydrogen-bond donors (Lipinski definition) is 0. The Hall–Kier alpha value is -2.61. The molecule has 0 spiro atoms. The van der Waals surface area contributed by atoms with E-state index < -0.39 is 9.84 Å². The maximum absolute atomic E-state index is 12.1. The Morgan fingerprint density at radius 1 is 1.30 bits per heavy atom. The van der Waals surface area contributed by atoms with Crippen LogP contribution in [0.4, 0.5) is 0 Å². The summed E-state index contributed by atoms with van der Waals surface area (Å²) in [6, 6.07) is 5.18. The van der Waals surface area contributed by atoms with Gasteiger partial charge in [-0.2, -0.15) is 0 Å². The number of ether oxygens (including phenoxy) is 1. The highest BCUT2D eigenvalue weighted by Crippen LogP contribution is 2.42. The van der Waals surface area contributed by atoms with Crippen molar-refractivity contribution in [1.29, 1.82) is 0 Å². The molecule has 0 radical (unpaired) electrons. The van der Waals surface area contributed by atoms with Crippen LogP contribution in [0.2, 0.25) is 0 Å². The van der Waals surface area contributed by atoms with Gasteiger partial charge in [-0.15, -0.1) is 0 Å². The lowest BCUT2D eigenvalue weighted by Gasteiger charge is -2.10. The smallest absolute Gasteiger partial charge is 0.292 e. The zero-order valence-electron chi connectivity index (χ0n) is 15.4. The fourth-order valence-electron chi connectivity index (χ4n) is 3.19. The number of oxazole rings is 1. The minimum Gasteiger partial charge on any atom is -0.491 e. The fraction of sp³-hybridized carbons (Fsp3) is 0.368. The molecule has 0 amide bonds. The second-order valence-corrected chi connectivity index (χ2v) is 9.24. The molecule has 0 saturated heterocycles. The van der Waals surface area contributed by atoms with E-state index in [-0.39, 0.29) is 17.1 Å². The molecular weight excluding hydrogens is 368 g/mol. The first-order valence-corrected chi connectivity index (χ1v) is 10.7. The summed E-state index contributed by atoms with van der Waals surface area (Å²) < 4.78 is 36.2. The Labute approximate surface area is 156 Å². The van der Waals surface area contributed by atoms with E-state index in [4.69, 9.17) is 9.15 Å². The highest BCUT2D eigenvalue weighted by molar-refractivity contribution is 7.89. The van der Waals surface area contributed by atoms with Crippen molar-refractivity contribution in [2.75, 3.05) is 13.4 Å². The molecule has 27 heavy (non-hydrogen) atoms. The van der Waals surface area contributed by atoms with Gasteiger partial charge in [0.15, 0.2) is 27.1 Å². The second-order valence-electron chi connectivity index (χ2n) is 7.10. The molecular formula is C19H20N2O5S. The third kappa shape index (κ3) is 3.49. The molecule has 0 atom stereocenters. The minimum atomic E-state index is -3.21. The average Bonchev–Trinajstić information content (AvgIpc) is 3.35. The van der Waals surface area contributed by atoms with Gasteiger partial charge >= 0.3 is 0 Å². The van der Waals surface area contributed by atoms with Crippen molar-refractivity contribution < 1.29 is 17.6 Å². The lowest BCUT2D eigenvalue weighted by Crippen LogP contribution is -2.17. The van der Waals surface area contributed by atoms with Crippen LogP contribution in [0.1, 0.15) is 30.2 Å². The zero-order valence-corrected chi connectivity index (χ0v) is 16.2. The first-order valence-electron chi connectivity index (χ1n) is 8.61. The summed E-state index contributed by atoms with van der Waals surface area (Å²) in [5, 5.41) is 0. The van der Waals surface area contributed by atoms with Crippen LogP contribution < -0.4 is 10.3 Å². The molecule has 142 valence electrons. The third-order valence-electron chi connectivity index (χ3n) is 4.60. The molecule has 1 fully saturated rings. The van der Waals surface area contributed by atoms with Crippen molar-refractivity contribution in [3.63, 3.8) is 0 Å². The number of hydrogen-bond acceptors (Lipinski definition) is 6. The number of methoxy groups -OCH3 is 1. The molecule has 0 unspecified atom stereocenters. The molecule has 0 aliphatic heterocycles. The van der Waals surface area contributed by atoms with Crippen LogP contribution in [-0.2, 0) is 22.6 Å². The second kappa shape index (κ2) is 6.23. The summed E-state index contributed by atoms with van der Waals surface area (Å²) in [5.74, 6) is 1.13. The number of fused-ring (bicyclic) bond motifs is 1. The molecule has 2 aromatic heterocycles. The monoisotopic (exact) mass is 388 g/mol. The number of nitrogens with zero attached hydrogens (tertiary/aromatic N) is 2. The molecule has 1 aliphatic carbocycles. The van der Waals surface area contributed by atoms with Gasteiger partial charge in [-0.1, -0.05) is 0 Å². The van der Waals surface area contributed by atoms with Crippen molar-refractivity contribution in [2.24, 2.45) is 7.05 Å². The molecule has 0 N–H and O–H groups in total. The number of aromatic nitrogens is 2. The number of sulfone groups is 1. The molecule has 1 aromatic carbocycles. The van der Waals surface area contributed by atoms with Gasteiger partial charge in [-0.05, 0) is 36.6 Å². The van der Waals surface area contributed by atoms with Crippen LogP contribution >= 0.6 is 0 Å². The Bertz CT molecular complexity index is 1200. The van der Waals surface area contributed by atoms with E-state index in [1.165, 1.54) is 17.9 Å². The van der Waals surface area contributed by atoms with Crippen molar-refractivity contribution in [2.45, 2.75) is 24.5 Å². The van der Waals surface area contributed by atoms with E-state index in [9.17, 15) is 13.2 Å².